The normalized spacial score (nSPS) is 13.0. The van der Waals surface area contributed by atoms with Gasteiger partial charge in [-0.15, -0.1) is 0 Å². The molecule has 1 aromatic heterocycles. The smallest absolute Gasteiger partial charge is 0.206 e. The number of carbonyl (C=O) groups excluding carboxylic acids is 1. The first-order valence-corrected chi connectivity index (χ1v) is 5.68. The van der Waals surface area contributed by atoms with E-state index in [-0.39, 0.29) is 5.92 Å². The second-order valence-corrected chi connectivity index (χ2v) is 4.28. The number of hydrogen-bond donors (Lipinski definition) is 1. The van der Waals surface area contributed by atoms with Crippen molar-refractivity contribution in [3.05, 3.63) is 48.0 Å². The molecule has 1 heterocycles. The molecule has 0 saturated heterocycles. The van der Waals surface area contributed by atoms with Crippen LogP contribution in [-0.2, 0) is 4.79 Å². The number of aromatic nitrogens is 1. The Morgan fingerprint density at radius 2 is 1.82 bits per heavy atom. The average molecular weight is 222 g/mol. The van der Waals surface area contributed by atoms with Gasteiger partial charge in [0.25, 0.3) is 0 Å². The van der Waals surface area contributed by atoms with Crippen molar-refractivity contribution in [1.29, 1.82) is 0 Å². The van der Waals surface area contributed by atoms with Crippen LogP contribution in [0.1, 0.15) is 18.4 Å². The zero-order chi connectivity index (χ0) is 11.8. The van der Waals surface area contributed by atoms with Gasteiger partial charge in [-0.05, 0) is 11.6 Å². The third-order valence-electron chi connectivity index (χ3n) is 3.22. The summed E-state index contributed by atoms with van der Waals surface area (Å²) in [5.74, 6) is -0.202. The highest BCUT2D eigenvalue weighted by atomic mass is 16.1. The molecule has 0 amide bonds. The first-order chi connectivity index (χ1) is 8.31. The van der Waals surface area contributed by atoms with Gasteiger partial charge < -0.3 is 4.98 Å². The second-order valence-electron chi connectivity index (χ2n) is 4.28. The average Bonchev–Trinajstić information content (AvgIpc) is 2.76. The van der Waals surface area contributed by atoms with E-state index in [4.69, 9.17) is 0 Å². The highest BCUT2D eigenvalue weighted by Gasteiger charge is 2.12. The van der Waals surface area contributed by atoms with Crippen LogP contribution in [0, 0.1) is 0 Å². The number of para-hydroxylation sites is 2. The van der Waals surface area contributed by atoms with Crippen molar-refractivity contribution in [2.75, 3.05) is 0 Å². The van der Waals surface area contributed by atoms with Crippen molar-refractivity contribution in [3.63, 3.8) is 0 Å². The van der Waals surface area contributed by atoms with Crippen molar-refractivity contribution in [3.8, 4) is 0 Å². The fraction of sp³-hybridized carbons (Fsp3) is 0.133. The molecule has 1 atom stereocenters. The van der Waals surface area contributed by atoms with Crippen LogP contribution < -0.4 is 0 Å². The van der Waals surface area contributed by atoms with Crippen molar-refractivity contribution >= 4 is 28.1 Å². The van der Waals surface area contributed by atoms with E-state index < -0.39 is 0 Å². The molecular weight excluding hydrogens is 210 g/mol. The summed E-state index contributed by atoms with van der Waals surface area (Å²) in [4.78, 5) is 14.2. The molecule has 1 unspecified atom stereocenters. The topological polar surface area (TPSA) is 32.9 Å². The molecule has 2 nitrogen and oxygen atoms in total. The summed E-state index contributed by atoms with van der Waals surface area (Å²) in [7, 11) is 0. The Morgan fingerprint density at radius 3 is 2.65 bits per heavy atom. The molecule has 0 fully saturated rings. The van der Waals surface area contributed by atoms with Gasteiger partial charge >= 0.3 is 0 Å². The lowest BCUT2D eigenvalue weighted by Crippen LogP contribution is -1.94. The van der Waals surface area contributed by atoms with E-state index in [0.29, 0.717) is 0 Å². The van der Waals surface area contributed by atoms with Gasteiger partial charge in [0.15, 0.2) is 0 Å². The minimum atomic E-state index is -0.202. The zero-order valence-electron chi connectivity index (χ0n) is 9.53. The molecule has 2 aromatic carbocycles. The molecule has 2 heteroatoms. The molecule has 3 aromatic rings. The Balaban J connectivity index is 2.43. The molecule has 0 bridgehead atoms. The van der Waals surface area contributed by atoms with Crippen LogP contribution >= 0.6 is 0 Å². The van der Waals surface area contributed by atoms with E-state index in [1.807, 2.05) is 37.5 Å². The molecule has 0 spiro atoms. The van der Waals surface area contributed by atoms with E-state index in [9.17, 15) is 4.79 Å². The molecule has 3 rings (SSSR count). The SMILES string of the molecule is CC([C]=O)c1cccc2c1[nH]c1ccccc12. The Hall–Kier alpha value is -2.09. The highest BCUT2D eigenvalue weighted by Crippen LogP contribution is 2.30. The molecule has 83 valence electrons. The van der Waals surface area contributed by atoms with Gasteiger partial charge in [0.05, 0.1) is 5.52 Å². The maximum atomic E-state index is 10.8. The summed E-state index contributed by atoms with van der Waals surface area (Å²) in [5.41, 5.74) is 3.16. The first-order valence-electron chi connectivity index (χ1n) is 5.68. The Morgan fingerprint density at radius 1 is 1.06 bits per heavy atom. The predicted octanol–water partition coefficient (Wildman–Crippen LogP) is 3.53. The summed E-state index contributed by atoms with van der Waals surface area (Å²) in [6, 6.07) is 14.2. The second kappa shape index (κ2) is 3.74. The Bertz CT molecular complexity index is 696. The van der Waals surface area contributed by atoms with Crippen molar-refractivity contribution < 1.29 is 4.79 Å². The summed E-state index contributed by atoms with van der Waals surface area (Å²) in [6.07, 6.45) is 2.05. The lowest BCUT2D eigenvalue weighted by Gasteiger charge is -2.04. The first kappa shape index (κ1) is 10.1. The number of nitrogens with one attached hydrogen (secondary N) is 1. The van der Waals surface area contributed by atoms with Crippen LogP contribution in [0.15, 0.2) is 42.5 Å². The van der Waals surface area contributed by atoms with E-state index in [1.54, 1.807) is 0 Å². The van der Waals surface area contributed by atoms with Crippen LogP contribution in [0.2, 0.25) is 0 Å². The van der Waals surface area contributed by atoms with E-state index in [0.717, 1.165) is 16.6 Å². The van der Waals surface area contributed by atoms with Crippen LogP contribution in [0.5, 0.6) is 0 Å². The maximum absolute atomic E-state index is 10.8. The monoisotopic (exact) mass is 222 g/mol. The number of H-pyrrole nitrogens is 1. The fourth-order valence-electron chi connectivity index (χ4n) is 2.32. The number of rotatable bonds is 2. The van der Waals surface area contributed by atoms with Gasteiger partial charge in [0.2, 0.25) is 6.29 Å². The number of fused-ring (bicyclic) bond motifs is 3. The van der Waals surface area contributed by atoms with Crippen molar-refractivity contribution in [1.82, 2.24) is 4.98 Å². The van der Waals surface area contributed by atoms with Crippen LogP contribution in [0.4, 0.5) is 0 Å². The molecular formula is C15H12NO. The number of aromatic amines is 1. The van der Waals surface area contributed by atoms with Crippen LogP contribution in [0.3, 0.4) is 0 Å². The van der Waals surface area contributed by atoms with Gasteiger partial charge in [-0.3, -0.25) is 4.79 Å². The minimum absolute atomic E-state index is 0.202. The van der Waals surface area contributed by atoms with Crippen molar-refractivity contribution in [2.24, 2.45) is 0 Å². The predicted molar refractivity (Wildman–Crippen MR) is 69.9 cm³/mol. The molecule has 0 aliphatic heterocycles. The van der Waals surface area contributed by atoms with E-state index in [2.05, 4.69) is 23.2 Å². The summed E-state index contributed by atoms with van der Waals surface area (Å²) in [6.45, 7) is 1.87. The Labute approximate surface area is 99.3 Å². The molecule has 0 saturated carbocycles. The maximum Gasteiger partial charge on any atom is 0.206 e. The van der Waals surface area contributed by atoms with Crippen LogP contribution in [0.25, 0.3) is 21.8 Å². The minimum Gasteiger partial charge on any atom is -0.354 e. The van der Waals surface area contributed by atoms with Gasteiger partial charge in [-0.2, -0.15) is 0 Å². The lowest BCUT2D eigenvalue weighted by atomic mass is 9.99. The quantitative estimate of drug-likeness (QED) is 0.706. The van der Waals surface area contributed by atoms with Gasteiger partial charge in [-0.1, -0.05) is 43.3 Å². The highest BCUT2D eigenvalue weighted by molar-refractivity contribution is 6.08. The third kappa shape index (κ3) is 1.45. The van der Waals surface area contributed by atoms with E-state index >= 15 is 0 Å². The van der Waals surface area contributed by atoms with E-state index in [1.165, 1.54) is 10.8 Å². The number of benzene rings is 2. The summed E-state index contributed by atoms with van der Waals surface area (Å²) in [5, 5.41) is 2.36. The third-order valence-corrected chi connectivity index (χ3v) is 3.22. The van der Waals surface area contributed by atoms with Crippen molar-refractivity contribution in [2.45, 2.75) is 12.8 Å². The summed E-state index contributed by atoms with van der Waals surface area (Å²) >= 11 is 0. The zero-order valence-corrected chi connectivity index (χ0v) is 9.53. The number of hydrogen-bond acceptors (Lipinski definition) is 1. The molecule has 1 N–H and O–H groups in total. The summed E-state index contributed by atoms with van der Waals surface area (Å²) < 4.78 is 0. The molecule has 0 aliphatic rings. The molecule has 1 radical (unpaired) electrons. The molecule has 17 heavy (non-hydrogen) atoms. The van der Waals surface area contributed by atoms with Gasteiger partial charge in [0.1, 0.15) is 0 Å². The van der Waals surface area contributed by atoms with Crippen LogP contribution in [-0.4, -0.2) is 11.3 Å². The molecule has 0 aliphatic carbocycles. The largest absolute Gasteiger partial charge is 0.354 e. The van der Waals surface area contributed by atoms with Gasteiger partial charge in [0, 0.05) is 22.2 Å². The Kier molecular flexibility index (Phi) is 2.22. The van der Waals surface area contributed by atoms with Gasteiger partial charge in [-0.25, -0.2) is 0 Å². The standard InChI is InChI=1S/C15H12NO/c1-10(9-17)11-6-4-7-13-12-5-2-3-8-14(12)16-15(11)13/h2-8,10,16H,1H3. The fourth-order valence-corrected chi connectivity index (χ4v) is 2.32. The lowest BCUT2D eigenvalue weighted by molar-refractivity contribution is 0.547.